The Balaban J connectivity index is 2.06. The molecule has 1 aromatic carbocycles. The molecule has 0 saturated heterocycles. The highest BCUT2D eigenvalue weighted by molar-refractivity contribution is 7.13. The summed E-state index contributed by atoms with van der Waals surface area (Å²) in [6.07, 6.45) is 0. The molecule has 0 spiro atoms. The zero-order chi connectivity index (χ0) is 12.5. The zero-order valence-corrected chi connectivity index (χ0v) is 11.4. The number of thiophene rings is 1. The summed E-state index contributed by atoms with van der Waals surface area (Å²) in [7, 11) is 1.96. The van der Waals surface area contributed by atoms with Crippen LogP contribution < -0.4 is 0 Å². The molecule has 90 valence electrons. The molecule has 0 aliphatic rings. The van der Waals surface area contributed by atoms with Gasteiger partial charge in [0.25, 0.3) is 0 Å². The Hall–Kier alpha value is -1.58. The maximum absolute atomic E-state index is 5.90. The predicted octanol–water partition coefficient (Wildman–Crippen LogP) is 4.47. The molecule has 4 heteroatoms. The van der Waals surface area contributed by atoms with Gasteiger partial charge in [0.2, 0.25) is 0 Å². The highest BCUT2D eigenvalue weighted by Crippen LogP contribution is 2.28. The largest absolute Gasteiger partial charge is 0.267 e. The van der Waals surface area contributed by atoms with Crippen molar-refractivity contribution in [1.29, 1.82) is 0 Å². The molecule has 2 heterocycles. The van der Waals surface area contributed by atoms with Crippen LogP contribution in [0.1, 0.15) is 0 Å². The van der Waals surface area contributed by atoms with E-state index in [1.165, 1.54) is 4.88 Å². The molecule has 0 amide bonds. The molecular formula is C14H11ClN2S. The van der Waals surface area contributed by atoms with E-state index in [9.17, 15) is 0 Å². The van der Waals surface area contributed by atoms with Crippen molar-refractivity contribution in [3.63, 3.8) is 0 Å². The van der Waals surface area contributed by atoms with Gasteiger partial charge in [-0.05, 0) is 35.2 Å². The van der Waals surface area contributed by atoms with Gasteiger partial charge in [0, 0.05) is 12.1 Å². The number of aryl methyl sites for hydroxylation is 1. The van der Waals surface area contributed by atoms with Crippen molar-refractivity contribution in [3.8, 4) is 21.8 Å². The third-order valence-electron chi connectivity index (χ3n) is 2.79. The molecule has 0 bridgehead atoms. The van der Waals surface area contributed by atoms with E-state index in [1.54, 1.807) is 11.3 Å². The van der Waals surface area contributed by atoms with Crippen LogP contribution in [-0.4, -0.2) is 9.78 Å². The number of halogens is 1. The maximum Gasteiger partial charge on any atom is 0.103 e. The Kier molecular flexibility index (Phi) is 2.94. The Morgan fingerprint density at radius 1 is 1.17 bits per heavy atom. The van der Waals surface area contributed by atoms with E-state index in [-0.39, 0.29) is 0 Å². The fourth-order valence-corrected chi connectivity index (χ4v) is 2.71. The highest BCUT2D eigenvalue weighted by atomic mass is 35.5. The molecule has 3 rings (SSSR count). The van der Waals surface area contributed by atoms with Gasteiger partial charge in [-0.2, -0.15) is 5.10 Å². The minimum Gasteiger partial charge on any atom is -0.267 e. The van der Waals surface area contributed by atoms with Crippen molar-refractivity contribution in [3.05, 3.63) is 52.9 Å². The second-order valence-electron chi connectivity index (χ2n) is 4.02. The van der Waals surface area contributed by atoms with Crippen molar-refractivity contribution in [1.82, 2.24) is 9.78 Å². The maximum atomic E-state index is 5.90. The minimum atomic E-state index is 0.749. The molecule has 3 aromatic rings. The van der Waals surface area contributed by atoms with E-state index >= 15 is 0 Å². The molecule has 0 N–H and O–H groups in total. The van der Waals surface area contributed by atoms with Crippen LogP contribution in [0.4, 0.5) is 0 Å². The molecule has 0 fully saturated rings. The first kappa shape index (κ1) is 11.5. The fraction of sp³-hybridized carbons (Fsp3) is 0.0714. The fourth-order valence-electron chi connectivity index (χ4n) is 1.90. The summed E-state index contributed by atoms with van der Waals surface area (Å²) >= 11 is 7.60. The summed E-state index contributed by atoms with van der Waals surface area (Å²) < 4.78 is 1.90. The van der Waals surface area contributed by atoms with E-state index < -0.39 is 0 Å². The van der Waals surface area contributed by atoms with E-state index in [0.29, 0.717) is 0 Å². The average molecular weight is 275 g/mol. The van der Waals surface area contributed by atoms with Crippen molar-refractivity contribution in [2.24, 2.45) is 7.05 Å². The minimum absolute atomic E-state index is 0.749. The number of rotatable bonds is 2. The van der Waals surface area contributed by atoms with Crippen LogP contribution in [0.15, 0.2) is 47.8 Å². The predicted molar refractivity (Wildman–Crippen MR) is 77.0 cm³/mol. The average Bonchev–Trinajstić information content (AvgIpc) is 2.99. The second-order valence-corrected chi connectivity index (χ2v) is 5.41. The van der Waals surface area contributed by atoms with Crippen molar-refractivity contribution in [2.75, 3.05) is 0 Å². The zero-order valence-electron chi connectivity index (χ0n) is 9.80. The number of aromatic nitrogens is 2. The van der Waals surface area contributed by atoms with E-state index in [2.05, 4.69) is 22.6 Å². The van der Waals surface area contributed by atoms with Gasteiger partial charge in [0.15, 0.2) is 0 Å². The summed E-state index contributed by atoms with van der Waals surface area (Å²) in [6.45, 7) is 0. The molecule has 0 radical (unpaired) electrons. The highest BCUT2D eigenvalue weighted by Gasteiger charge is 2.09. The first-order chi connectivity index (χ1) is 8.74. The van der Waals surface area contributed by atoms with Crippen LogP contribution in [0.5, 0.6) is 0 Å². The summed E-state index contributed by atoms with van der Waals surface area (Å²) in [5.41, 5.74) is 3.23. The Morgan fingerprint density at radius 3 is 2.61 bits per heavy atom. The van der Waals surface area contributed by atoms with Crippen molar-refractivity contribution in [2.45, 2.75) is 0 Å². The van der Waals surface area contributed by atoms with Crippen LogP contribution in [0.3, 0.4) is 0 Å². The summed E-state index contributed by atoms with van der Waals surface area (Å²) in [6, 6.07) is 14.0. The first-order valence-corrected chi connectivity index (χ1v) is 6.83. The summed E-state index contributed by atoms with van der Waals surface area (Å²) in [5.74, 6) is 0. The molecular weight excluding hydrogens is 264 g/mol. The van der Waals surface area contributed by atoms with Gasteiger partial charge in [0.1, 0.15) is 5.69 Å². The number of hydrogen-bond donors (Lipinski definition) is 0. The summed E-state index contributed by atoms with van der Waals surface area (Å²) in [5, 5.41) is 7.36. The van der Waals surface area contributed by atoms with E-state index in [0.717, 1.165) is 22.0 Å². The lowest BCUT2D eigenvalue weighted by Crippen LogP contribution is -1.93. The van der Waals surface area contributed by atoms with E-state index in [1.807, 2.05) is 42.1 Å². The SMILES string of the molecule is Cn1nc(-c2cccs2)cc1-c1ccc(Cl)cc1. The normalized spacial score (nSPS) is 10.8. The molecule has 0 unspecified atom stereocenters. The lowest BCUT2D eigenvalue weighted by molar-refractivity contribution is 0.779. The molecule has 2 aromatic heterocycles. The Labute approximate surface area is 114 Å². The number of hydrogen-bond acceptors (Lipinski definition) is 2. The van der Waals surface area contributed by atoms with Crippen molar-refractivity contribution >= 4 is 22.9 Å². The smallest absolute Gasteiger partial charge is 0.103 e. The van der Waals surface area contributed by atoms with Crippen molar-refractivity contribution < 1.29 is 0 Å². The second kappa shape index (κ2) is 4.59. The molecule has 0 aliphatic carbocycles. The van der Waals surface area contributed by atoms with Gasteiger partial charge in [-0.1, -0.05) is 29.8 Å². The molecule has 2 nitrogen and oxygen atoms in total. The monoisotopic (exact) mass is 274 g/mol. The Morgan fingerprint density at radius 2 is 1.94 bits per heavy atom. The van der Waals surface area contributed by atoms with Crippen LogP contribution in [0, 0.1) is 0 Å². The third kappa shape index (κ3) is 2.07. The van der Waals surface area contributed by atoms with Gasteiger partial charge in [-0.25, -0.2) is 0 Å². The Bertz CT molecular complexity index is 654. The molecule has 18 heavy (non-hydrogen) atoms. The number of benzene rings is 1. The number of nitrogens with zero attached hydrogens (tertiary/aromatic N) is 2. The standard InChI is InChI=1S/C14H11ClN2S/c1-17-13(10-4-6-11(15)7-5-10)9-12(16-17)14-3-2-8-18-14/h2-9H,1H3. The van der Waals surface area contributed by atoms with Crippen LogP contribution in [0.2, 0.25) is 5.02 Å². The van der Waals surface area contributed by atoms with Gasteiger partial charge >= 0.3 is 0 Å². The van der Waals surface area contributed by atoms with Crippen LogP contribution in [-0.2, 0) is 7.05 Å². The van der Waals surface area contributed by atoms with Gasteiger partial charge < -0.3 is 0 Å². The first-order valence-electron chi connectivity index (χ1n) is 5.58. The molecule has 0 aliphatic heterocycles. The lowest BCUT2D eigenvalue weighted by Gasteiger charge is -2.00. The van der Waals surface area contributed by atoms with Gasteiger partial charge in [-0.15, -0.1) is 11.3 Å². The molecule has 0 atom stereocenters. The van der Waals surface area contributed by atoms with Gasteiger partial charge in [-0.3, -0.25) is 4.68 Å². The van der Waals surface area contributed by atoms with Gasteiger partial charge in [0.05, 0.1) is 10.6 Å². The topological polar surface area (TPSA) is 17.8 Å². The quantitative estimate of drug-likeness (QED) is 0.674. The summed E-state index contributed by atoms with van der Waals surface area (Å²) in [4.78, 5) is 1.19. The molecule has 0 saturated carbocycles. The van der Waals surface area contributed by atoms with E-state index in [4.69, 9.17) is 11.6 Å². The van der Waals surface area contributed by atoms with Crippen LogP contribution >= 0.6 is 22.9 Å². The third-order valence-corrected chi connectivity index (χ3v) is 3.94. The van der Waals surface area contributed by atoms with Crippen LogP contribution in [0.25, 0.3) is 21.8 Å². The lowest BCUT2D eigenvalue weighted by atomic mass is 10.1.